The van der Waals surface area contributed by atoms with E-state index in [1.165, 1.54) is 5.56 Å². The van der Waals surface area contributed by atoms with Crippen molar-refractivity contribution in [1.29, 1.82) is 0 Å². The summed E-state index contributed by atoms with van der Waals surface area (Å²) in [6, 6.07) is 10.4. The minimum atomic E-state index is -0.642. The minimum Gasteiger partial charge on any atom is -0.389 e. The second-order valence-corrected chi connectivity index (χ2v) is 6.88. The second-order valence-electron chi connectivity index (χ2n) is 6.88. The zero-order chi connectivity index (χ0) is 16.4. The van der Waals surface area contributed by atoms with E-state index < -0.39 is 5.60 Å². The fraction of sp³-hybridized carbons (Fsp3) is 0.556. The first kappa shape index (κ1) is 15.7. The number of aliphatic hydroxyl groups is 1. The van der Waals surface area contributed by atoms with Crippen molar-refractivity contribution in [3.63, 3.8) is 0 Å². The highest BCUT2D eigenvalue weighted by Crippen LogP contribution is 2.34. The highest BCUT2D eigenvalue weighted by atomic mass is 16.5. The summed E-state index contributed by atoms with van der Waals surface area (Å²) in [5.41, 5.74) is 0.649. The van der Waals surface area contributed by atoms with Crippen LogP contribution in [0.15, 0.2) is 34.9 Å². The molecule has 6 nitrogen and oxygen atoms in total. The Bertz CT molecular complexity index is 669. The Hall–Kier alpha value is -1.76. The zero-order valence-corrected chi connectivity index (χ0v) is 13.7. The predicted octanol–water partition coefficient (Wildman–Crippen LogP) is 2.10. The molecule has 1 N–H and O–H groups in total. The van der Waals surface area contributed by atoms with Gasteiger partial charge in [0.15, 0.2) is 0 Å². The second kappa shape index (κ2) is 6.63. The third-order valence-electron chi connectivity index (χ3n) is 4.94. The van der Waals surface area contributed by atoms with Crippen LogP contribution in [0.1, 0.15) is 42.6 Å². The lowest BCUT2D eigenvalue weighted by Gasteiger charge is -2.35. The fourth-order valence-corrected chi connectivity index (χ4v) is 3.36. The molecule has 1 aromatic carbocycles. The number of aromatic nitrogens is 2. The molecule has 1 saturated carbocycles. The van der Waals surface area contributed by atoms with Crippen LogP contribution in [0.2, 0.25) is 0 Å². The van der Waals surface area contributed by atoms with Crippen LogP contribution in [0.4, 0.5) is 0 Å². The quantitative estimate of drug-likeness (QED) is 0.906. The van der Waals surface area contributed by atoms with Crippen molar-refractivity contribution in [2.75, 3.05) is 19.7 Å². The van der Waals surface area contributed by atoms with Gasteiger partial charge in [0.25, 0.3) is 0 Å². The molecule has 1 atom stereocenters. The molecule has 0 bridgehead atoms. The van der Waals surface area contributed by atoms with Crippen molar-refractivity contribution in [3.05, 3.63) is 47.6 Å². The molecule has 0 radical (unpaired) electrons. The van der Waals surface area contributed by atoms with Gasteiger partial charge in [-0.25, -0.2) is 0 Å². The Labute approximate surface area is 141 Å². The maximum Gasteiger partial charge on any atom is 0.229 e. The average molecular weight is 329 g/mol. The van der Waals surface area contributed by atoms with E-state index in [0.29, 0.717) is 24.7 Å². The SMILES string of the molecule is OC1(Cc2nc(C3CN(Cc4ccccc4)CCO3)no2)CCC1. The molecule has 2 aliphatic rings. The lowest BCUT2D eigenvalue weighted by molar-refractivity contribution is -0.0381. The highest BCUT2D eigenvalue weighted by Gasteiger charge is 2.37. The monoisotopic (exact) mass is 329 g/mol. The van der Waals surface area contributed by atoms with Crippen LogP contribution in [0.25, 0.3) is 0 Å². The largest absolute Gasteiger partial charge is 0.389 e. The van der Waals surface area contributed by atoms with E-state index in [-0.39, 0.29) is 6.10 Å². The Kier molecular flexibility index (Phi) is 4.35. The summed E-state index contributed by atoms with van der Waals surface area (Å²) in [5, 5.41) is 14.3. The van der Waals surface area contributed by atoms with E-state index in [9.17, 15) is 5.11 Å². The van der Waals surface area contributed by atoms with Crippen molar-refractivity contribution in [1.82, 2.24) is 15.0 Å². The Morgan fingerprint density at radius 3 is 2.83 bits per heavy atom. The molecule has 1 aromatic heterocycles. The van der Waals surface area contributed by atoms with Crippen molar-refractivity contribution in [2.24, 2.45) is 0 Å². The number of benzene rings is 1. The summed E-state index contributed by atoms with van der Waals surface area (Å²) in [6.45, 7) is 3.20. The highest BCUT2D eigenvalue weighted by molar-refractivity contribution is 5.14. The maximum absolute atomic E-state index is 10.2. The van der Waals surface area contributed by atoms with Crippen LogP contribution >= 0.6 is 0 Å². The van der Waals surface area contributed by atoms with Crippen LogP contribution in [-0.4, -0.2) is 45.4 Å². The lowest BCUT2D eigenvalue weighted by atomic mass is 9.78. The molecule has 2 heterocycles. The topological polar surface area (TPSA) is 71.6 Å². The average Bonchev–Trinajstić information content (AvgIpc) is 3.03. The molecule has 2 aromatic rings. The first-order valence-electron chi connectivity index (χ1n) is 8.63. The van der Waals surface area contributed by atoms with Crippen molar-refractivity contribution in [2.45, 2.75) is 43.9 Å². The third-order valence-corrected chi connectivity index (χ3v) is 4.94. The van der Waals surface area contributed by atoms with Crippen LogP contribution in [0.5, 0.6) is 0 Å². The van der Waals surface area contributed by atoms with E-state index in [0.717, 1.165) is 38.9 Å². The molecule has 4 rings (SSSR count). The van der Waals surface area contributed by atoms with Crippen molar-refractivity contribution >= 4 is 0 Å². The Balaban J connectivity index is 1.38. The summed E-state index contributed by atoms with van der Waals surface area (Å²) in [6.07, 6.45) is 2.97. The van der Waals surface area contributed by atoms with E-state index in [1.54, 1.807) is 0 Å². The lowest BCUT2D eigenvalue weighted by Crippen LogP contribution is -2.39. The maximum atomic E-state index is 10.2. The fourth-order valence-electron chi connectivity index (χ4n) is 3.36. The molecule has 24 heavy (non-hydrogen) atoms. The number of hydrogen-bond donors (Lipinski definition) is 1. The number of rotatable bonds is 5. The summed E-state index contributed by atoms with van der Waals surface area (Å²) in [4.78, 5) is 6.80. The van der Waals surface area contributed by atoms with Crippen LogP contribution in [-0.2, 0) is 17.7 Å². The molecular formula is C18H23N3O3. The number of ether oxygens (including phenoxy) is 1. The van der Waals surface area contributed by atoms with Gasteiger partial charge in [-0.05, 0) is 24.8 Å². The van der Waals surface area contributed by atoms with Gasteiger partial charge in [-0.1, -0.05) is 35.5 Å². The van der Waals surface area contributed by atoms with Gasteiger partial charge in [0, 0.05) is 19.6 Å². The Morgan fingerprint density at radius 2 is 2.08 bits per heavy atom. The standard InChI is InChI=1S/C18H23N3O3/c22-18(7-4-8-18)11-16-19-17(20-24-16)15-13-21(9-10-23-15)12-14-5-2-1-3-6-14/h1-3,5-6,15,22H,4,7-13H2. The number of nitrogens with zero attached hydrogens (tertiary/aromatic N) is 3. The summed E-state index contributed by atoms with van der Waals surface area (Å²) >= 11 is 0. The molecule has 6 heteroatoms. The molecule has 1 saturated heterocycles. The van der Waals surface area contributed by atoms with E-state index in [4.69, 9.17) is 9.26 Å². The van der Waals surface area contributed by atoms with Gasteiger partial charge in [-0.15, -0.1) is 0 Å². The first-order valence-corrected chi connectivity index (χ1v) is 8.63. The first-order chi connectivity index (χ1) is 11.7. The molecule has 128 valence electrons. The van der Waals surface area contributed by atoms with Crippen LogP contribution in [0.3, 0.4) is 0 Å². The number of hydrogen-bond acceptors (Lipinski definition) is 6. The molecule has 2 fully saturated rings. The molecule has 0 amide bonds. The molecule has 1 unspecified atom stereocenters. The van der Waals surface area contributed by atoms with Gasteiger partial charge in [0.1, 0.15) is 6.10 Å². The normalized spacial score (nSPS) is 23.8. The van der Waals surface area contributed by atoms with Gasteiger partial charge in [-0.2, -0.15) is 4.98 Å². The molecule has 1 aliphatic carbocycles. The molecule has 1 aliphatic heterocycles. The van der Waals surface area contributed by atoms with Crippen molar-refractivity contribution in [3.8, 4) is 0 Å². The van der Waals surface area contributed by atoms with E-state index >= 15 is 0 Å². The summed E-state index contributed by atoms with van der Waals surface area (Å²) in [5.74, 6) is 1.10. The summed E-state index contributed by atoms with van der Waals surface area (Å²) < 4.78 is 11.1. The van der Waals surface area contributed by atoms with Crippen LogP contribution in [0, 0.1) is 0 Å². The van der Waals surface area contributed by atoms with Gasteiger partial charge in [0.05, 0.1) is 18.6 Å². The smallest absolute Gasteiger partial charge is 0.229 e. The predicted molar refractivity (Wildman–Crippen MR) is 87.2 cm³/mol. The molecular weight excluding hydrogens is 306 g/mol. The minimum absolute atomic E-state index is 0.170. The van der Waals surface area contributed by atoms with E-state index in [1.807, 2.05) is 6.07 Å². The van der Waals surface area contributed by atoms with Crippen LogP contribution < -0.4 is 0 Å². The van der Waals surface area contributed by atoms with Gasteiger partial charge in [-0.3, -0.25) is 4.90 Å². The van der Waals surface area contributed by atoms with Crippen molar-refractivity contribution < 1.29 is 14.4 Å². The zero-order valence-electron chi connectivity index (χ0n) is 13.7. The Morgan fingerprint density at radius 1 is 1.25 bits per heavy atom. The third kappa shape index (κ3) is 3.50. The molecule has 0 spiro atoms. The summed E-state index contributed by atoms with van der Waals surface area (Å²) in [7, 11) is 0. The van der Waals surface area contributed by atoms with Gasteiger partial charge < -0.3 is 14.4 Å². The van der Waals surface area contributed by atoms with Gasteiger partial charge in [0.2, 0.25) is 11.7 Å². The van der Waals surface area contributed by atoms with Gasteiger partial charge >= 0.3 is 0 Å². The number of morpholine rings is 1. The van der Waals surface area contributed by atoms with E-state index in [2.05, 4.69) is 39.3 Å².